The molecule has 0 radical (unpaired) electrons. The highest BCUT2D eigenvalue weighted by molar-refractivity contribution is 6.35. The predicted octanol–water partition coefficient (Wildman–Crippen LogP) is 6.62. The average molecular weight is 418 g/mol. The topological polar surface area (TPSA) is 27.1 Å². The molecule has 0 aliphatic carbocycles. The second kappa shape index (κ2) is 7.81. The number of aromatic nitrogens is 2. The first-order valence-electron chi connectivity index (χ1n) is 8.36. The maximum absolute atomic E-state index is 6.21. The molecule has 3 aromatic carbocycles. The lowest BCUT2D eigenvalue weighted by Gasteiger charge is -2.11. The quantitative estimate of drug-likeness (QED) is 0.364. The van der Waals surface area contributed by atoms with Gasteiger partial charge in [-0.25, -0.2) is 4.98 Å². The van der Waals surface area contributed by atoms with Crippen LogP contribution in [-0.2, 0) is 13.2 Å². The number of halogens is 3. The molecule has 0 bridgehead atoms. The number of nitrogens with zero attached hydrogens (tertiary/aromatic N) is 2. The van der Waals surface area contributed by atoms with Crippen LogP contribution in [-0.4, -0.2) is 9.55 Å². The number of rotatable bonds is 5. The van der Waals surface area contributed by atoms with E-state index in [1.54, 1.807) is 18.2 Å². The normalized spacial score (nSPS) is 11.1. The largest absolute Gasteiger partial charge is 0.484 e. The number of ether oxygens (including phenoxy) is 1. The van der Waals surface area contributed by atoms with Gasteiger partial charge in [0.2, 0.25) is 0 Å². The van der Waals surface area contributed by atoms with Gasteiger partial charge in [-0.3, -0.25) is 0 Å². The number of hydrogen-bond acceptors (Lipinski definition) is 2. The lowest BCUT2D eigenvalue weighted by molar-refractivity contribution is 0.291. The van der Waals surface area contributed by atoms with E-state index in [0.29, 0.717) is 27.4 Å². The summed E-state index contributed by atoms with van der Waals surface area (Å²) >= 11 is 18.3. The Morgan fingerprint density at radius 3 is 2.37 bits per heavy atom. The molecular weight excluding hydrogens is 403 g/mol. The van der Waals surface area contributed by atoms with Crippen LogP contribution in [0.15, 0.2) is 66.7 Å². The summed E-state index contributed by atoms with van der Waals surface area (Å²) in [7, 11) is 0. The van der Waals surface area contributed by atoms with Crippen molar-refractivity contribution in [2.75, 3.05) is 0 Å². The Bertz CT molecular complexity index is 1090. The Morgan fingerprint density at radius 2 is 1.59 bits per heavy atom. The molecule has 4 rings (SSSR count). The zero-order valence-electron chi connectivity index (χ0n) is 14.2. The average Bonchev–Trinajstić information content (AvgIpc) is 2.98. The molecular formula is C21H15Cl3N2O. The van der Waals surface area contributed by atoms with E-state index in [-0.39, 0.29) is 6.61 Å². The standard InChI is InChI=1S/C21H15Cl3N2O/c22-15-7-9-20(17(24)10-15)27-13-21-25-18-11-16(23)6-8-19(18)26(21)12-14-4-2-1-3-5-14/h1-11H,12-13H2. The highest BCUT2D eigenvalue weighted by Crippen LogP contribution is 2.29. The van der Waals surface area contributed by atoms with Crippen LogP contribution < -0.4 is 4.74 Å². The van der Waals surface area contributed by atoms with Gasteiger partial charge in [0.25, 0.3) is 0 Å². The molecule has 0 N–H and O–H groups in total. The molecule has 0 aliphatic heterocycles. The summed E-state index contributed by atoms with van der Waals surface area (Å²) in [6, 6.07) is 21.1. The van der Waals surface area contributed by atoms with Crippen LogP contribution in [0.5, 0.6) is 5.75 Å². The second-order valence-corrected chi connectivity index (χ2v) is 7.38. The van der Waals surface area contributed by atoms with Gasteiger partial charge in [-0.1, -0.05) is 65.1 Å². The third-order valence-corrected chi connectivity index (χ3v) is 4.99. The Kier molecular flexibility index (Phi) is 5.26. The first-order chi connectivity index (χ1) is 13.1. The van der Waals surface area contributed by atoms with E-state index < -0.39 is 0 Å². The summed E-state index contributed by atoms with van der Waals surface area (Å²) in [4.78, 5) is 4.72. The molecule has 1 aromatic heterocycles. The highest BCUT2D eigenvalue weighted by atomic mass is 35.5. The van der Waals surface area contributed by atoms with Gasteiger partial charge in [-0.05, 0) is 42.0 Å². The van der Waals surface area contributed by atoms with Crippen LogP contribution in [0, 0.1) is 0 Å². The van der Waals surface area contributed by atoms with Gasteiger partial charge in [0, 0.05) is 16.6 Å². The van der Waals surface area contributed by atoms with Crippen LogP contribution in [0.1, 0.15) is 11.4 Å². The lowest BCUT2D eigenvalue weighted by atomic mass is 10.2. The van der Waals surface area contributed by atoms with Gasteiger partial charge in [-0.15, -0.1) is 0 Å². The third kappa shape index (κ3) is 4.06. The minimum absolute atomic E-state index is 0.278. The van der Waals surface area contributed by atoms with Gasteiger partial charge in [0.15, 0.2) is 0 Å². The first-order valence-corrected chi connectivity index (χ1v) is 9.50. The molecule has 0 spiro atoms. The van der Waals surface area contributed by atoms with Crippen molar-refractivity contribution in [1.29, 1.82) is 0 Å². The maximum atomic E-state index is 6.21. The van der Waals surface area contributed by atoms with Gasteiger partial charge in [0.05, 0.1) is 16.1 Å². The predicted molar refractivity (Wildman–Crippen MR) is 111 cm³/mol. The highest BCUT2D eigenvalue weighted by Gasteiger charge is 2.13. The fourth-order valence-corrected chi connectivity index (χ4v) is 3.57. The number of imidazole rings is 1. The zero-order chi connectivity index (χ0) is 18.8. The summed E-state index contributed by atoms with van der Waals surface area (Å²) in [6.45, 7) is 0.965. The van der Waals surface area contributed by atoms with E-state index in [4.69, 9.17) is 44.5 Å². The summed E-state index contributed by atoms with van der Waals surface area (Å²) in [5.41, 5.74) is 3.01. The monoisotopic (exact) mass is 416 g/mol. The molecule has 4 aromatic rings. The minimum Gasteiger partial charge on any atom is -0.484 e. The fourth-order valence-electron chi connectivity index (χ4n) is 2.94. The Balaban J connectivity index is 1.69. The van der Waals surface area contributed by atoms with Crippen LogP contribution >= 0.6 is 34.8 Å². The SMILES string of the molecule is Clc1ccc(OCc2nc3cc(Cl)ccc3n2Cc2ccccc2)c(Cl)c1. The van der Waals surface area contributed by atoms with E-state index in [1.807, 2.05) is 36.4 Å². The van der Waals surface area contributed by atoms with E-state index in [2.05, 4.69) is 16.7 Å². The van der Waals surface area contributed by atoms with Crippen molar-refractivity contribution in [3.05, 3.63) is 93.2 Å². The van der Waals surface area contributed by atoms with Gasteiger partial charge >= 0.3 is 0 Å². The maximum Gasteiger partial charge on any atom is 0.148 e. The summed E-state index contributed by atoms with van der Waals surface area (Å²) in [5.74, 6) is 1.36. The van der Waals surface area contributed by atoms with E-state index in [0.717, 1.165) is 16.9 Å². The first kappa shape index (κ1) is 18.2. The minimum atomic E-state index is 0.278. The molecule has 0 saturated carbocycles. The van der Waals surface area contributed by atoms with Crippen molar-refractivity contribution in [2.24, 2.45) is 0 Å². The second-order valence-electron chi connectivity index (χ2n) is 6.10. The van der Waals surface area contributed by atoms with Crippen molar-refractivity contribution in [2.45, 2.75) is 13.2 Å². The smallest absolute Gasteiger partial charge is 0.148 e. The van der Waals surface area contributed by atoms with Gasteiger partial charge in [-0.2, -0.15) is 0 Å². The van der Waals surface area contributed by atoms with Crippen LogP contribution in [0.3, 0.4) is 0 Å². The molecule has 0 amide bonds. The van der Waals surface area contributed by atoms with E-state index in [9.17, 15) is 0 Å². The molecule has 0 unspecified atom stereocenters. The van der Waals surface area contributed by atoms with E-state index >= 15 is 0 Å². The van der Waals surface area contributed by atoms with Crippen molar-refractivity contribution >= 4 is 45.8 Å². The summed E-state index contributed by atoms with van der Waals surface area (Å²) in [5, 5.41) is 1.69. The van der Waals surface area contributed by atoms with Crippen molar-refractivity contribution in [1.82, 2.24) is 9.55 Å². The fraction of sp³-hybridized carbons (Fsp3) is 0.0952. The summed E-state index contributed by atoms with van der Waals surface area (Å²) < 4.78 is 8.04. The zero-order valence-corrected chi connectivity index (χ0v) is 16.5. The number of fused-ring (bicyclic) bond motifs is 1. The summed E-state index contributed by atoms with van der Waals surface area (Å²) in [6.07, 6.45) is 0. The molecule has 27 heavy (non-hydrogen) atoms. The Hall–Kier alpha value is -2.20. The Morgan fingerprint density at radius 1 is 0.852 bits per heavy atom. The van der Waals surface area contributed by atoms with Crippen molar-refractivity contribution in [3.8, 4) is 5.75 Å². The van der Waals surface area contributed by atoms with E-state index in [1.165, 1.54) is 5.56 Å². The molecule has 0 atom stereocenters. The van der Waals surface area contributed by atoms with Gasteiger partial charge in [0.1, 0.15) is 18.2 Å². The molecule has 0 aliphatic rings. The molecule has 0 saturated heterocycles. The van der Waals surface area contributed by atoms with Crippen LogP contribution in [0.2, 0.25) is 15.1 Å². The molecule has 1 heterocycles. The number of benzene rings is 3. The third-order valence-electron chi connectivity index (χ3n) is 4.22. The lowest BCUT2D eigenvalue weighted by Crippen LogP contribution is -2.08. The Labute approximate surface area is 172 Å². The van der Waals surface area contributed by atoms with Crippen LogP contribution in [0.25, 0.3) is 11.0 Å². The van der Waals surface area contributed by atoms with Gasteiger partial charge < -0.3 is 9.30 Å². The molecule has 0 fully saturated rings. The van der Waals surface area contributed by atoms with Crippen molar-refractivity contribution < 1.29 is 4.74 Å². The van der Waals surface area contributed by atoms with Crippen LogP contribution in [0.4, 0.5) is 0 Å². The molecule has 6 heteroatoms. The number of hydrogen-bond donors (Lipinski definition) is 0. The van der Waals surface area contributed by atoms with Crippen molar-refractivity contribution in [3.63, 3.8) is 0 Å². The molecule has 136 valence electrons. The molecule has 3 nitrogen and oxygen atoms in total.